The number of carboxylic acids is 1. The highest BCUT2D eigenvalue weighted by Gasteiger charge is 2.33. The molecule has 1 heterocycles. The lowest BCUT2D eigenvalue weighted by molar-refractivity contribution is -0.147. The van der Waals surface area contributed by atoms with Crippen LogP contribution in [-0.4, -0.2) is 41.6 Å². The third-order valence-electron chi connectivity index (χ3n) is 4.08. The third kappa shape index (κ3) is 3.37. The average molecular weight is 256 g/mol. The molecule has 0 aliphatic carbocycles. The van der Waals surface area contributed by atoms with Crippen molar-refractivity contribution >= 4 is 12.0 Å². The van der Waals surface area contributed by atoms with Crippen LogP contribution < -0.4 is 5.32 Å². The summed E-state index contributed by atoms with van der Waals surface area (Å²) in [6, 6.07) is -0.133. The first-order valence-electron chi connectivity index (χ1n) is 6.69. The quantitative estimate of drug-likeness (QED) is 0.789. The molecule has 0 bridgehead atoms. The van der Waals surface area contributed by atoms with E-state index in [1.165, 1.54) is 0 Å². The van der Waals surface area contributed by atoms with Crippen LogP contribution in [0.5, 0.6) is 0 Å². The number of hydrogen-bond acceptors (Lipinski definition) is 2. The molecule has 0 aromatic carbocycles. The Morgan fingerprint density at radius 3 is 2.56 bits per heavy atom. The second kappa shape index (κ2) is 6.07. The first-order chi connectivity index (χ1) is 8.42. The number of carbonyl (C=O) groups is 2. The van der Waals surface area contributed by atoms with Crippen LogP contribution in [0.3, 0.4) is 0 Å². The predicted molar refractivity (Wildman–Crippen MR) is 69.4 cm³/mol. The summed E-state index contributed by atoms with van der Waals surface area (Å²) in [5.41, 5.74) is -0.875. The van der Waals surface area contributed by atoms with Crippen molar-refractivity contribution in [3.63, 3.8) is 0 Å². The highest BCUT2D eigenvalue weighted by Crippen LogP contribution is 2.21. The van der Waals surface area contributed by atoms with E-state index in [4.69, 9.17) is 5.11 Å². The molecule has 0 aromatic heterocycles. The van der Waals surface area contributed by atoms with Gasteiger partial charge >= 0.3 is 12.0 Å². The summed E-state index contributed by atoms with van der Waals surface area (Å²) in [7, 11) is 0. The van der Waals surface area contributed by atoms with Gasteiger partial charge in [-0.3, -0.25) is 4.79 Å². The smallest absolute Gasteiger partial charge is 0.317 e. The molecule has 0 radical (unpaired) electrons. The lowest BCUT2D eigenvalue weighted by Gasteiger charge is -2.25. The lowest BCUT2D eigenvalue weighted by Crippen LogP contribution is -2.45. The Morgan fingerprint density at radius 1 is 1.44 bits per heavy atom. The molecule has 18 heavy (non-hydrogen) atoms. The molecule has 0 aromatic rings. The second-order valence-corrected chi connectivity index (χ2v) is 5.39. The topological polar surface area (TPSA) is 69.6 Å². The van der Waals surface area contributed by atoms with E-state index in [1.807, 2.05) is 6.92 Å². The molecule has 104 valence electrons. The summed E-state index contributed by atoms with van der Waals surface area (Å²) in [5.74, 6) is -0.272. The zero-order valence-corrected chi connectivity index (χ0v) is 11.5. The number of urea groups is 1. The van der Waals surface area contributed by atoms with Crippen LogP contribution in [0.4, 0.5) is 4.79 Å². The summed E-state index contributed by atoms with van der Waals surface area (Å²) in [6.07, 6.45) is 2.64. The molecule has 2 atom stereocenters. The minimum absolute atomic E-state index is 0.133. The van der Waals surface area contributed by atoms with Crippen molar-refractivity contribution in [1.29, 1.82) is 0 Å². The van der Waals surface area contributed by atoms with E-state index in [0.29, 0.717) is 12.3 Å². The molecular formula is C13H24N2O3. The van der Waals surface area contributed by atoms with Gasteiger partial charge in [0.05, 0.1) is 5.41 Å². The SMILES string of the molecule is CCC1CCN(C(=O)NCC(C)(CC)C(=O)O)C1. The molecule has 1 aliphatic heterocycles. The fourth-order valence-corrected chi connectivity index (χ4v) is 2.08. The minimum Gasteiger partial charge on any atom is -0.481 e. The highest BCUT2D eigenvalue weighted by atomic mass is 16.4. The Morgan fingerprint density at radius 2 is 2.11 bits per heavy atom. The molecule has 2 N–H and O–H groups in total. The van der Waals surface area contributed by atoms with E-state index >= 15 is 0 Å². The van der Waals surface area contributed by atoms with E-state index in [0.717, 1.165) is 25.9 Å². The van der Waals surface area contributed by atoms with E-state index in [-0.39, 0.29) is 12.6 Å². The first kappa shape index (κ1) is 14.8. The predicted octanol–water partition coefficient (Wildman–Crippen LogP) is 1.93. The second-order valence-electron chi connectivity index (χ2n) is 5.39. The molecule has 1 saturated heterocycles. The summed E-state index contributed by atoms with van der Waals surface area (Å²) in [6.45, 7) is 7.37. The van der Waals surface area contributed by atoms with Crippen molar-refractivity contribution in [2.45, 2.75) is 40.0 Å². The Labute approximate surface area is 109 Å². The summed E-state index contributed by atoms with van der Waals surface area (Å²) < 4.78 is 0. The van der Waals surface area contributed by atoms with Crippen LogP contribution in [0.15, 0.2) is 0 Å². The van der Waals surface area contributed by atoms with Crippen LogP contribution in [0.2, 0.25) is 0 Å². The normalized spacial score (nSPS) is 22.6. The monoisotopic (exact) mass is 256 g/mol. The number of carboxylic acid groups (broad SMARTS) is 1. The molecule has 5 heteroatoms. The molecule has 0 saturated carbocycles. The van der Waals surface area contributed by atoms with E-state index in [1.54, 1.807) is 11.8 Å². The van der Waals surface area contributed by atoms with Gasteiger partial charge in [-0.15, -0.1) is 0 Å². The van der Waals surface area contributed by atoms with Gasteiger partial charge in [-0.2, -0.15) is 0 Å². The molecule has 0 spiro atoms. The molecule has 2 amide bonds. The molecule has 1 fully saturated rings. The van der Waals surface area contributed by atoms with Gasteiger partial charge in [0.25, 0.3) is 0 Å². The molecule has 1 aliphatic rings. The van der Waals surface area contributed by atoms with Crippen molar-refractivity contribution in [2.24, 2.45) is 11.3 Å². The van der Waals surface area contributed by atoms with Crippen LogP contribution in [0.25, 0.3) is 0 Å². The first-order valence-corrected chi connectivity index (χ1v) is 6.69. The number of likely N-dealkylation sites (tertiary alicyclic amines) is 1. The number of nitrogens with zero attached hydrogens (tertiary/aromatic N) is 1. The Balaban J connectivity index is 2.44. The van der Waals surface area contributed by atoms with Crippen molar-refractivity contribution in [3.05, 3.63) is 0 Å². The van der Waals surface area contributed by atoms with Gasteiger partial charge in [0.2, 0.25) is 0 Å². The van der Waals surface area contributed by atoms with E-state index in [9.17, 15) is 9.59 Å². The fourth-order valence-electron chi connectivity index (χ4n) is 2.08. The van der Waals surface area contributed by atoms with Crippen molar-refractivity contribution in [2.75, 3.05) is 19.6 Å². The van der Waals surface area contributed by atoms with Gasteiger partial charge in [-0.1, -0.05) is 20.3 Å². The average Bonchev–Trinajstić information content (AvgIpc) is 2.84. The summed E-state index contributed by atoms with van der Waals surface area (Å²) >= 11 is 0. The van der Waals surface area contributed by atoms with Crippen LogP contribution in [-0.2, 0) is 4.79 Å². The number of aliphatic carboxylic acids is 1. The Hall–Kier alpha value is -1.26. The molecular weight excluding hydrogens is 232 g/mol. The zero-order chi connectivity index (χ0) is 13.8. The molecule has 1 rings (SSSR count). The fraction of sp³-hybridized carbons (Fsp3) is 0.846. The Bertz CT molecular complexity index is 319. The minimum atomic E-state index is -0.875. The zero-order valence-electron chi connectivity index (χ0n) is 11.5. The van der Waals surface area contributed by atoms with Gasteiger partial charge in [-0.25, -0.2) is 4.79 Å². The van der Waals surface area contributed by atoms with Crippen molar-refractivity contribution in [3.8, 4) is 0 Å². The van der Waals surface area contributed by atoms with E-state index in [2.05, 4.69) is 12.2 Å². The standard InChI is InChI=1S/C13H24N2O3/c1-4-10-6-7-15(8-10)12(18)14-9-13(3,5-2)11(16)17/h10H,4-9H2,1-3H3,(H,14,18)(H,16,17). The lowest BCUT2D eigenvalue weighted by atomic mass is 9.88. The van der Waals surface area contributed by atoms with E-state index < -0.39 is 11.4 Å². The van der Waals surface area contributed by atoms with Crippen molar-refractivity contribution < 1.29 is 14.7 Å². The number of carbonyl (C=O) groups excluding carboxylic acids is 1. The highest BCUT2D eigenvalue weighted by molar-refractivity contribution is 5.78. The van der Waals surface area contributed by atoms with Crippen molar-refractivity contribution in [1.82, 2.24) is 10.2 Å². The largest absolute Gasteiger partial charge is 0.481 e. The Kier molecular flexibility index (Phi) is 4.99. The summed E-state index contributed by atoms with van der Waals surface area (Å²) in [4.78, 5) is 24.8. The van der Waals surface area contributed by atoms with Gasteiger partial charge < -0.3 is 15.3 Å². The van der Waals surface area contributed by atoms with Crippen LogP contribution >= 0.6 is 0 Å². The van der Waals surface area contributed by atoms with Gasteiger partial charge in [-0.05, 0) is 25.7 Å². The maximum absolute atomic E-state index is 11.9. The van der Waals surface area contributed by atoms with Gasteiger partial charge in [0.1, 0.15) is 0 Å². The maximum atomic E-state index is 11.9. The maximum Gasteiger partial charge on any atom is 0.317 e. The third-order valence-corrected chi connectivity index (χ3v) is 4.08. The van der Waals surface area contributed by atoms with Gasteiger partial charge in [0.15, 0.2) is 0 Å². The molecule has 5 nitrogen and oxygen atoms in total. The van der Waals surface area contributed by atoms with Gasteiger partial charge in [0, 0.05) is 19.6 Å². The number of nitrogens with one attached hydrogen (secondary N) is 1. The summed E-state index contributed by atoms with van der Waals surface area (Å²) in [5, 5.41) is 11.9. The number of hydrogen-bond donors (Lipinski definition) is 2. The number of amides is 2. The van der Waals surface area contributed by atoms with Crippen LogP contribution in [0, 0.1) is 11.3 Å². The number of rotatable bonds is 5. The molecule has 2 unspecified atom stereocenters. The van der Waals surface area contributed by atoms with Crippen LogP contribution in [0.1, 0.15) is 40.0 Å².